The molecule has 0 radical (unpaired) electrons. The zero-order valence-electron chi connectivity index (χ0n) is 13.0. The van der Waals surface area contributed by atoms with Crippen LogP contribution in [0.1, 0.15) is 16.8 Å². The minimum Gasteiger partial charge on any atom is -0.354 e. The Morgan fingerprint density at radius 2 is 1.68 bits per heavy atom. The number of carbonyl (C=O) groups excluding carboxylic acids is 1. The highest BCUT2D eigenvalue weighted by atomic mass is 16.1. The predicted molar refractivity (Wildman–Crippen MR) is 91.2 cm³/mol. The van der Waals surface area contributed by atoms with Crippen LogP contribution in [0.5, 0.6) is 0 Å². The van der Waals surface area contributed by atoms with E-state index in [9.17, 15) is 4.79 Å². The summed E-state index contributed by atoms with van der Waals surface area (Å²) in [4.78, 5) is 18.2. The van der Waals surface area contributed by atoms with E-state index in [2.05, 4.69) is 4.98 Å². The van der Waals surface area contributed by atoms with Crippen molar-refractivity contribution in [2.45, 2.75) is 6.42 Å². The first kappa shape index (κ1) is 14.5. The number of nitrogens with zero attached hydrogens (tertiary/aromatic N) is 1. The third-order valence-corrected chi connectivity index (χ3v) is 3.83. The first-order chi connectivity index (χ1) is 10.7. The SMILES string of the molecule is CN(C)CCC(=O)c1c(-c2ccccc2)[nH]c2ccccc12. The zero-order valence-corrected chi connectivity index (χ0v) is 13.0. The molecule has 1 N–H and O–H groups in total. The predicted octanol–water partition coefficient (Wildman–Crippen LogP) is 3.97. The Morgan fingerprint density at radius 3 is 2.41 bits per heavy atom. The lowest BCUT2D eigenvalue weighted by Crippen LogP contribution is -2.16. The Balaban J connectivity index is 2.11. The molecule has 3 nitrogen and oxygen atoms in total. The first-order valence-electron chi connectivity index (χ1n) is 7.51. The Labute approximate surface area is 130 Å². The number of rotatable bonds is 5. The molecule has 3 heteroatoms. The summed E-state index contributed by atoms with van der Waals surface area (Å²) >= 11 is 0. The van der Waals surface area contributed by atoms with Crippen LogP contribution in [0.4, 0.5) is 0 Å². The molecule has 0 unspecified atom stereocenters. The quantitative estimate of drug-likeness (QED) is 0.722. The van der Waals surface area contributed by atoms with Crippen LogP contribution in [-0.2, 0) is 0 Å². The molecule has 0 atom stereocenters. The van der Waals surface area contributed by atoms with E-state index in [4.69, 9.17) is 0 Å². The number of fused-ring (bicyclic) bond motifs is 1. The van der Waals surface area contributed by atoms with Gasteiger partial charge in [0.05, 0.1) is 11.3 Å². The molecule has 0 aliphatic carbocycles. The van der Waals surface area contributed by atoms with Crippen LogP contribution < -0.4 is 0 Å². The monoisotopic (exact) mass is 292 g/mol. The Hall–Kier alpha value is -2.39. The van der Waals surface area contributed by atoms with Gasteiger partial charge in [-0.2, -0.15) is 0 Å². The van der Waals surface area contributed by atoms with Crippen molar-refractivity contribution < 1.29 is 4.79 Å². The van der Waals surface area contributed by atoms with Crippen molar-refractivity contribution in [2.75, 3.05) is 20.6 Å². The number of hydrogen-bond acceptors (Lipinski definition) is 2. The van der Waals surface area contributed by atoms with Crippen molar-refractivity contribution in [3.05, 3.63) is 60.2 Å². The normalized spacial score (nSPS) is 11.2. The highest BCUT2D eigenvalue weighted by Gasteiger charge is 2.19. The lowest BCUT2D eigenvalue weighted by molar-refractivity contribution is 0.0975. The molecule has 0 amide bonds. The van der Waals surface area contributed by atoms with E-state index in [0.717, 1.165) is 34.3 Å². The summed E-state index contributed by atoms with van der Waals surface area (Å²) in [6, 6.07) is 18.0. The number of ketones is 1. The summed E-state index contributed by atoms with van der Waals surface area (Å²) < 4.78 is 0. The van der Waals surface area contributed by atoms with Crippen LogP contribution in [0, 0.1) is 0 Å². The molecule has 2 aromatic carbocycles. The zero-order chi connectivity index (χ0) is 15.5. The van der Waals surface area contributed by atoms with Crippen molar-refractivity contribution in [3.8, 4) is 11.3 Å². The molecule has 0 aliphatic rings. The van der Waals surface area contributed by atoms with Gasteiger partial charge in [0.1, 0.15) is 0 Å². The molecule has 0 aliphatic heterocycles. The van der Waals surface area contributed by atoms with Crippen molar-refractivity contribution >= 4 is 16.7 Å². The Kier molecular flexibility index (Phi) is 4.07. The number of aromatic nitrogens is 1. The number of nitrogens with one attached hydrogen (secondary N) is 1. The van der Waals surface area contributed by atoms with E-state index in [-0.39, 0.29) is 5.78 Å². The number of benzene rings is 2. The molecule has 0 spiro atoms. The molecular weight excluding hydrogens is 272 g/mol. The average Bonchev–Trinajstić information content (AvgIpc) is 2.93. The molecular formula is C19H20N2O. The van der Waals surface area contributed by atoms with Crippen molar-refractivity contribution in [2.24, 2.45) is 0 Å². The molecule has 0 bridgehead atoms. The summed E-state index contributed by atoms with van der Waals surface area (Å²) in [6.07, 6.45) is 0.523. The van der Waals surface area contributed by atoms with E-state index >= 15 is 0 Å². The molecule has 112 valence electrons. The maximum absolute atomic E-state index is 12.8. The lowest BCUT2D eigenvalue weighted by Gasteiger charge is -2.09. The molecule has 1 aromatic heterocycles. The number of carbonyl (C=O) groups is 1. The smallest absolute Gasteiger partial charge is 0.166 e. The summed E-state index contributed by atoms with van der Waals surface area (Å²) in [6.45, 7) is 0.757. The van der Waals surface area contributed by atoms with Gasteiger partial charge in [0.25, 0.3) is 0 Å². The van der Waals surface area contributed by atoms with Gasteiger partial charge in [-0.25, -0.2) is 0 Å². The van der Waals surface area contributed by atoms with Crippen molar-refractivity contribution in [1.29, 1.82) is 0 Å². The van der Waals surface area contributed by atoms with Gasteiger partial charge in [0.15, 0.2) is 5.78 Å². The fourth-order valence-corrected chi connectivity index (χ4v) is 2.70. The van der Waals surface area contributed by atoms with Crippen LogP contribution >= 0.6 is 0 Å². The molecule has 0 saturated carbocycles. The molecule has 1 heterocycles. The largest absolute Gasteiger partial charge is 0.354 e. The van der Waals surface area contributed by atoms with Gasteiger partial charge in [-0.1, -0.05) is 48.5 Å². The Bertz CT molecular complexity index is 788. The second kappa shape index (κ2) is 6.16. The molecule has 3 aromatic rings. The van der Waals surface area contributed by atoms with Gasteiger partial charge >= 0.3 is 0 Å². The minimum atomic E-state index is 0.185. The van der Waals surface area contributed by atoms with Crippen LogP contribution in [0.25, 0.3) is 22.2 Å². The van der Waals surface area contributed by atoms with Gasteiger partial charge in [-0.15, -0.1) is 0 Å². The highest BCUT2D eigenvalue weighted by Crippen LogP contribution is 2.31. The number of para-hydroxylation sites is 1. The van der Waals surface area contributed by atoms with E-state index in [1.807, 2.05) is 73.6 Å². The van der Waals surface area contributed by atoms with Crippen LogP contribution in [0.3, 0.4) is 0 Å². The number of hydrogen-bond donors (Lipinski definition) is 1. The van der Waals surface area contributed by atoms with E-state index < -0.39 is 0 Å². The first-order valence-corrected chi connectivity index (χ1v) is 7.51. The van der Waals surface area contributed by atoms with Crippen molar-refractivity contribution in [1.82, 2.24) is 9.88 Å². The summed E-state index contributed by atoms with van der Waals surface area (Å²) in [5, 5.41) is 1.00. The summed E-state index contributed by atoms with van der Waals surface area (Å²) in [5.74, 6) is 0.185. The maximum atomic E-state index is 12.8. The van der Waals surface area contributed by atoms with Crippen molar-refractivity contribution in [3.63, 3.8) is 0 Å². The van der Waals surface area contributed by atoms with Gasteiger partial charge in [-0.3, -0.25) is 4.79 Å². The fraction of sp³-hybridized carbons (Fsp3) is 0.211. The number of H-pyrrole nitrogens is 1. The van der Waals surface area contributed by atoms with E-state index in [0.29, 0.717) is 6.42 Å². The van der Waals surface area contributed by atoms with E-state index in [1.54, 1.807) is 0 Å². The van der Waals surface area contributed by atoms with E-state index in [1.165, 1.54) is 0 Å². The van der Waals surface area contributed by atoms with Crippen LogP contribution in [0.2, 0.25) is 0 Å². The summed E-state index contributed by atoms with van der Waals surface area (Å²) in [7, 11) is 3.97. The van der Waals surface area contributed by atoms with Gasteiger partial charge in [0, 0.05) is 23.9 Å². The molecule has 0 fully saturated rings. The third kappa shape index (κ3) is 2.81. The fourth-order valence-electron chi connectivity index (χ4n) is 2.70. The standard InChI is InChI=1S/C19H20N2O/c1-21(2)13-12-17(22)18-15-10-6-7-11-16(15)20-19(18)14-8-4-3-5-9-14/h3-11,20H,12-13H2,1-2H3. The molecule has 3 rings (SSSR count). The topological polar surface area (TPSA) is 36.1 Å². The van der Waals surface area contributed by atoms with Crippen LogP contribution in [-0.4, -0.2) is 36.3 Å². The maximum Gasteiger partial charge on any atom is 0.166 e. The van der Waals surface area contributed by atoms with Gasteiger partial charge in [0.2, 0.25) is 0 Å². The third-order valence-electron chi connectivity index (χ3n) is 3.83. The number of aromatic amines is 1. The van der Waals surface area contributed by atoms with Gasteiger partial charge < -0.3 is 9.88 Å². The van der Waals surface area contributed by atoms with Gasteiger partial charge in [-0.05, 0) is 25.7 Å². The summed E-state index contributed by atoms with van der Waals surface area (Å²) in [5.41, 5.74) is 3.79. The molecule has 22 heavy (non-hydrogen) atoms. The minimum absolute atomic E-state index is 0.185. The highest BCUT2D eigenvalue weighted by molar-refractivity contribution is 6.13. The Morgan fingerprint density at radius 1 is 1.00 bits per heavy atom. The number of Topliss-reactive ketones (excluding diaryl/α,β-unsaturated/α-hetero) is 1. The second-order valence-corrected chi connectivity index (χ2v) is 5.76. The lowest BCUT2D eigenvalue weighted by atomic mass is 10.00. The average molecular weight is 292 g/mol. The van der Waals surface area contributed by atoms with Crippen LogP contribution in [0.15, 0.2) is 54.6 Å². The molecule has 0 saturated heterocycles. The second-order valence-electron chi connectivity index (χ2n) is 5.76.